The zero-order valence-corrected chi connectivity index (χ0v) is 10.8. The number of rotatable bonds is 5. The maximum absolute atomic E-state index is 11.6. The summed E-state index contributed by atoms with van der Waals surface area (Å²) in [4.78, 5) is 0. The number of benzene rings is 1. The molecule has 1 aromatic rings. The minimum Gasteiger partial charge on any atom is -0.323 e. The van der Waals surface area contributed by atoms with Crippen molar-refractivity contribution in [2.24, 2.45) is 5.73 Å². The standard InChI is InChI=1S/C11H16ClNO2S/c1-2-7-16(14,15)8-11(13)9-3-5-10(12)6-4-9/h3-6,11H,2,7-8,13H2,1H3. The lowest BCUT2D eigenvalue weighted by Gasteiger charge is -2.12. The van der Waals surface area contributed by atoms with Gasteiger partial charge in [-0.2, -0.15) is 0 Å². The van der Waals surface area contributed by atoms with E-state index in [-0.39, 0.29) is 11.5 Å². The highest BCUT2D eigenvalue weighted by atomic mass is 35.5. The molecule has 0 aliphatic heterocycles. The van der Waals surface area contributed by atoms with Crippen LogP contribution >= 0.6 is 11.6 Å². The van der Waals surface area contributed by atoms with Gasteiger partial charge in [0.05, 0.1) is 5.75 Å². The lowest BCUT2D eigenvalue weighted by Crippen LogP contribution is -2.23. The number of nitrogens with two attached hydrogens (primary N) is 1. The smallest absolute Gasteiger partial charge is 0.152 e. The summed E-state index contributed by atoms with van der Waals surface area (Å²) in [6.45, 7) is 1.84. The van der Waals surface area contributed by atoms with Crippen molar-refractivity contribution >= 4 is 21.4 Å². The molecule has 0 saturated heterocycles. The Labute approximate surface area is 102 Å². The maximum atomic E-state index is 11.6. The summed E-state index contributed by atoms with van der Waals surface area (Å²) in [6, 6.07) is 6.46. The van der Waals surface area contributed by atoms with Crippen LogP contribution in [0.3, 0.4) is 0 Å². The van der Waals surface area contributed by atoms with E-state index < -0.39 is 15.9 Å². The third-order valence-corrected chi connectivity index (χ3v) is 4.40. The molecule has 90 valence electrons. The lowest BCUT2D eigenvalue weighted by molar-refractivity contribution is 0.587. The Balaban J connectivity index is 2.72. The van der Waals surface area contributed by atoms with Crippen molar-refractivity contribution in [1.82, 2.24) is 0 Å². The van der Waals surface area contributed by atoms with E-state index in [1.165, 1.54) is 0 Å². The van der Waals surface area contributed by atoms with Gasteiger partial charge in [-0.3, -0.25) is 0 Å². The summed E-state index contributed by atoms with van der Waals surface area (Å²) in [5.41, 5.74) is 6.63. The number of sulfone groups is 1. The Bertz CT molecular complexity index is 428. The first-order valence-corrected chi connectivity index (χ1v) is 7.36. The monoisotopic (exact) mass is 261 g/mol. The van der Waals surface area contributed by atoms with Crippen molar-refractivity contribution in [3.05, 3.63) is 34.9 Å². The second-order valence-electron chi connectivity index (χ2n) is 3.77. The maximum Gasteiger partial charge on any atom is 0.152 e. The minimum atomic E-state index is -3.05. The van der Waals surface area contributed by atoms with Gasteiger partial charge in [-0.05, 0) is 24.1 Å². The molecule has 1 aromatic carbocycles. The summed E-state index contributed by atoms with van der Waals surface area (Å²) < 4.78 is 23.2. The van der Waals surface area contributed by atoms with Crippen LogP contribution in [0.25, 0.3) is 0 Å². The predicted molar refractivity (Wildman–Crippen MR) is 67.3 cm³/mol. The third kappa shape index (κ3) is 4.12. The van der Waals surface area contributed by atoms with Crippen LogP contribution in [0.2, 0.25) is 5.02 Å². The van der Waals surface area contributed by atoms with E-state index in [2.05, 4.69) is 0 Å². The predicted octanol–water partition coefficient (Wildman–Crippen LogP) is 2.16. The molecule has 0 aliphatic rings. The summed E-state index contributed by atoms with van der Waals surface area (Å²) in [7, 11) is -3.05. The van der Waals surface area contributed by atoms with Crippen LogP contribution in [0, 0.1) is 0 Å². The summed E-state index contributed by atoms with van der Waals surface area (Å²) in [5.74, 6) is 0.177. The van der Waals surface area contributed by atoms with Crippen LogP contribution in [0.5, 0.6) is 0 Å². The van der Waals surface area contributed by atoms with Gasteiger partial charge in [-0.15, -0.1) is 0 Å². The van der Waals surface area contributed by atoms with Crippen molar-refractivity contribution in [3.63, 3.8) is 0 Å². The topological polar surface area (TPSA) is 60.2 Å². The number of hydrogen-bond acceptors (Lipinski definition) is 3. The molecule has 0 heterocycles. The van der Waals surface area contributed by atoms with Crippen molar-refractivity contribution in [1.29, 1.82) is 0 Å². The Morgan fingerprint density at radius 3 is 2.38 bits per heavy atom. The van der Waals surface area contributed by atoms with Crippen molar-refractivity contribution in [2.75, 3.05) is 11.5 Å². The molecule has 16 heavy (non-hydrogen) atoms. The SMILES string of the molecule is CCCS(=O)(=O)CC(N)c1ccc(Cl)cc1. The zero-order chi connectivity index (χ0) is 12.2. The Kier molecular flexibility index (Phi) is 4.77. The van der Waals surface area contributed by atoms with Gasteiger partial charge in [-0.25, -0.2) is 8.42 Å². The molecule has 0 bridgehead atoms. The Hall–Kier alpha value is -0.580. The number of halogens is 1. The van der Waals surface area contributed by atoms with E-state index in [9.17, 15) is 8.42 Å². The van der Waals surface area contributed by atoms with E-state index in [4.69, 9.17) is 17.3 Å². The normalized spacial score (nSPS) is 13.7. The largest absolute Gasteiger partial charge is 0.323 e. The molecule has 0 radical (unpaired) electrons. The highest BCUT2D eigenvalue weighted by Crippen LogP contribution is 2.16. The number of hydrogen-bond donors (Lipinski definition) is 1. The van der Waals surface area contributed by atoms with Crippen LogP contribution in [-0.4, -0.2) is 19.9 Å². The van der Waals surface area contributed by atoms with E-state index >= 15 is 0 Å². The Morgan fingerprint density at radius 1 is 1.31 bits per heavy atom. The van der Waals surface area contributed by atoms with Gasteiger partial charge in [0.2, 0.25) is 0 Å². The van der Waals surface area contributed by atoms with Crippen LogP contribution in [0.4, 0.5) is 0 Å². The van der Waals surface area contributed by atoms with Crippen LogP contribution in [-0.2, 0) is 9.84 Å². The van der Waals surface area contributed by atoms with Gasteiger partial charge < -0.3 is 5.73 Å². The van der Waals surface area contributed by atoms with Crippen molar-refractivity contribution < 1.29 is 8.42 Å². The second kappa shape index (κ2) is 5.66. The third-order valence-electron chi connectivity index (χ3n) is 2.25. The molecule has 0 aromatic heterocycles. The zero-order valence-electron chi connectivity index (χ0n) is 9.19. The van der Waals surface area contributed by atoms with Gasteiger partial charge in [0.1, 0.15) is 0 Å². The van der Waals surface area contributed by atoms with Crippen LogP contribution in [0.1, 0.15) is 24.9 Å². The molecule has 2 N–H and O–H groups in total. The first kappa shape index (κ1) is 13.5. The summed E-state index contributed by atoms with van der Waals surface area (Å²) >= 11 is 5.74. The molecule has 0 aliphatic carbocycles. The fourth-order valence-corrected chi connectivity index (χ4v) is 3.13. The first-order chi connectivity index (χ1) is 7.44. The van der Waals surface area contributed by atoms with Crippen molar-refractivity contribution in [2.45, 2.75) is 19.4 Å². The molecule has 0 fully saturated rings. The molecule has 1 unspecified atom stereocenters. The lowest BCUT2D eigenvalue weighted by atomic mass is 10.1. The fourth-order valence-electron chi connectivity index (χ4n) is 1.47. The second-order valence-corrected chi connectivity index (χ2v) is 6.44. The van der Waals surface area contributed by atoms with E-state index in [0.29, 0.717) is 11.4 Å². The molecule has 0 saturated carbocycles. The average molecular weight is 262 g/mol. The van der Waals surface area contributed by atoms with Gasteiger partial charge >= 0.3 is 0 Å². The van der Waals surface area contributed by atoms with E-state index in [1.54, 1.807) is 24.3 Å². The van der Waals surface area contributed by atoms with Gasteiger partial charge in [0, 0.05) is 16.8 Å². The quantitative estimate of drug-likeness (QED) is 0.884. The molecule has 0 amide bonds. The van der Waals surface area contributed by atoms with Crippen LogP contribution in [0.15, 0.2) is 24.3 Å². The fraction of sp³-hybridized carbons (Fsp3) is 0.455. The average Bonchev–Trinajstić information content (AvgIpc) is 2.17. The molecule has 3 nitrogen and oxygen atoms in total. The first-order valence-electron chi connectivity index (χ1n) is 5.16. The Morgan fingerprint density at radius 2 is 1.88 bits per heavy atom. The minimum absolute atomic E-state index is 0.0114. The van der Waals surface area contributed by atoms with Crippen molar-refractivity contribution in [3.8, 4) is 0 Å². The van der Waals surface area contributed by atoms with Gasteiger partial charge in [-0.1, -0.05) is 30.7 Å². The van der Waals surface area contributed by atoms with Gasteiger partial charge in [0.15, 0.2) is 9.84 Å². The van der Waals surface area contributed by atoms with Crippen LogP contribution < -0.4 is 5.73 Å². The van der Waals surface area contributed by atoms with E-state index in [0.717, 1.165) is 5.56 Å². The highest BCUT2D eigenvalue weighted by Gasteiger charge is 2.16. The molecular formula is C11H16ClNO2S. The molecule has 5 heteroatoms. The molecule has 1 rings (SSSR count). The highest BCUT2D eigenvalue weighted by molar-refractivity contribution is 7.91. The van der Waals surface area contributed by atoms with E-state index in [1.807, 2.05) is 6.92 Å². The summed E-state index contributed by atoms with van der Waals surface area (Å²) in [6.07, 6.45) is 0.621. The molecule has 1 atom stereocenters. The van der Waals surface area contributed by atoms with Gasteiger partial charge in [0.25, 0.3) is 0 Å². The summed E-state index contributed by atoms with van der Waals surface area (Å²) in [5, 5.41) is 0.618. The molecular weight excluding hydrogens is 246 g/mol. The molecule has 0 spiro atoms.